The molecule has 9 heteroatoms. The van der Waals surface area contributed by atoms with E-state index >= 15 is 0 Å². The molecule has 0 spiro atoms. The number of thiazole rings is 1. The predicted octanol–water partition coefficient (Wildman–Crippen LogP) is 3.41. The summed E-state index contributed by atoms with van der Waals surface area (Å²) in [4.78, 5) is 30.2. The van der Waals surface area contributed by atoms with Crippen LogP contribution in [0, 0.1) is 10.1 Å². The van der Waals surface area contributed by atoms with Gasteiger partial charge in [-0.3, -0.25) is 14.9 Å². The highest BCUT2D eigenvalue weighted by Gasteiger charge is 2.23. The average molecular weight is 439 g/mol. The first-order valence-corrected chi connectivity index (χ1v) is 10.8. The van der Waals surface area contributed by atoms with Gasteiger partial charge in [-0.1, -0.05) is 30.3 Å². The third-order valence-electron chi connectivity index (χ3n) is 5.01. The Morgan fingerprint density at radius 1 is 1.19 bits per heavy atom. The summed E-state index contributed by atoms with van der Waals surface area (Å²) in [6.07, 6.45) is 0.745. The molecule has 1 aromatic heterocycles. The Hall–Kier alpha value is -3.30. The van der Waals surface area contributed by atoms with Crippen LogP contribution < -0.4 is 10.2 Å². The van der Waals surface area contributed by atoms with Crippen molar-refractivity contribution in [3.8, 4) is 0 Å². The largest absolute Gasteiger partial charge is 0.378 e. The van der Waals surface area contributed by atoms with Gasteiger partial charge in [0.2, 0.25) is 0 Å². The van der Waals surface area contributed by atoms with Crippen LogP contribution in [0.25, 0.3) is 0 Å². The molecule has 2 heterocycles. The van der Waals surface area contributed by atoms with Gasteiger partial charge in [0.05, 0.1) is 35.4 Å². The zero-order valence-corrected chi connectivity index (χ0v) is 17.6. The van der Waals surface area contributed by atoms with Crippen molar-refractivity contribution in [3.05, 3.63) is 85.9 Å². The molecule has 0 saturated carbocycles. The fourth-order valence-electron chi connectivity index (χ4n) is 3.44. The van der Waals surface area contributed by atoms with Crippen LogP contribution in [0.2, 0.25) is 0 Å². The number of nitro benzene ring substituents is 1. The third kappa shape index (κ3) is 5.25. The minimum absolute atomic E-state index is 0.0756. The molecular formula is C22H22N4O4S. The van der Waals surface area contributed by atoms with E-state index in [0.717, 1.165) is 17.1 Å². The quantitative estimate of drug-likeness (QED) is 0.448. The van der Waals surface area contributed by atoms with Crippen LogP contribution in [-0.2, 0) is 17.7 Å². The van der Waals surface area contributed by atoms with Gasteiger partial charge in [-0.25, -0.2) is 4.98 Å². The van der Waals surface area contributed by atoms with Crippen LogP contribution >= 0.6 is 11.3 Å². The van der Waals surface area contributed by atoms with Gasteiger partial charge in [-0.05, 0) is 17.7 Å². The van der Waals surface area contributed by atoms with Crippen molar-refractivity contribution in [2.75, 3.05) is 31.2 Å². The summed E-state index contributed by atoms with van der Waals surface area (Å²) in [6, 6.07) is 14.7. The lowest BCUT2D eigenvalue weighted by atomic mass is 10.1. The van der Waals surface area contributed by atoms with Gasteiger partial charge in [-0.2, -0.15) is 0 Å². The summed E-state index contributed by atoms with van der Waals surface area (Å²) < 4.78 is 5.31. The number of ether oxygens (including phenoxy) is 1. The molecule has 0 aliphatic carbocycles. The Bertz CT molecular complexity index is 1060. The summed E-state index contributed by atoms with van der Waals surface area (Å²) in [5.74, 6) is -0.366. The molecule has 1 amide bonds. The lowest BCUT2D eigenvalue weighted by Crippen LogP contribution is -2.36. The molecule has 1 fully saturated rings. The van der Waals surface area contributed by atoms with Crippen molar-refractivity contribution in [2.45, 2.75) is 13.0 Å². The van der Waals surface area contributed by atoms with Crippen LogP contribution in [0.1, 0.15) is 26.6 Å². The van der Waals surface area contributed by atoms with Gasteiger partial charge in [0, 0.05) is 36.5 Å². The van der Waals surface area contributed by atoms with Crippen LogP contribution in [0.5, 0.6) is 0 Å². The van der Waals surface area contributed by atoms with Gasteiger partial charge >= 0.3 is 0 Å². The van der Waals surface area contributed by atoms with E-state index in [-0.39, 0.29) is 23.7 Å². The van der Waals surface area contributed by atoms with Gasteiger partial charge in [-0.15, -0.1) is 11.3 Å². The number of nitro groups is 1. The van der Waals surface area contributed by atoms with Crippen molar-refractivity contribution >= 4 is 28.6 Å². The number of hydrogen-bond acceptors (Lipinski definition) is 7. The molecule has 0 unspecified atom stereocenters. The van der Waals surface area contributed by atoms with E-state index in [4.69, 9.17) is 4.74 Å². The van der Waals surface area contributed by atoms with Crippen LogP contribution in [0.15, 0.2) is 53.9 Å². The molecule has 4 rings (SSSR count). The van der Waals surface area contributed by atoms with Gasteiger partial charge in [0.15, 0.2) is 0 Å². The number of rotatable bonds is 7. The maximum Gasteiger partial charge on any atom is 0.293 e. The Morgan fingerprint density at radius 2 is 1.97 bits per heavy atom. The first-order valence-electron chi connectivity index (χ1n) is 9.96. The average Bonchev–Trinajstić information content (AvgIpc) is 3.25. The van der Waals surface area contributed by atoms with Gasteiger partial charge in [0.1, 0.15) is 5.69 Å². The lowest BCUT2D eigenvalue weighted by Gasteiger charge is -2.28. The molecule has 1 saturated heterocycles. The summed E-state index contributed by atoms with van der Waals surface area (Å²) in [7, 11) is 0. The molecular weight excluding hydrogens is 416 g/mol. The van der Waals surface area contributed by atoms with Crippen LogP contribution in [0.3, 0.4) is 0 Å². The molecule has 31 heavy (non-hydrogen) atoms. The smallest absolute Gasteiger partial charge is 0.293 e. The van der Waals surface area contributed by atoms with Crippen LogP contribution in [0.4, 0.5) is 11.4 Å². The second-order valence-corrected chi connectivity index (χ2v) is 8.08. The molecule has 1 aliphatic heterocycles. The third-order valence-corrected chi connectivity index (χ3v) is 5.91. The summed E-state index contributed by atoms with van der Waals surface area (Å²) in [6.45, 7) is 2.49. The second kappa shape index (κ2) is 9.67. The lowest BCUT2D eigenvalue weighted by molar-refractivity contribution is -0.384. The number of benzene rings is 2. The Labute approximate surface area is 183 Å². The standard InChI is InChI=1S/C22H22N4O4S/c27-22(23-14-18-15-31-21(24-18)12-16-4-2-1-3-5-16)17-6-7-19(20(13-17)26(28)29)25-8-10-30-11-9-25/h1-7,13,15H,8-12,14H2,(H,23,27). The van der Waals surface area contributed by atoms with E-state index < -0.39 is 4.92 Å². The minimum atomic E-state index is -0.447. The number of carbonyl (C=O) groups excluding carboxylic acids is 1. The number of hydrogen-bond donors (Lipinski definition) is 1. The van der Waals surface area contributed by atoms with E-state index in [2.05, 4.69) is 22.4 Å². The molecule has 0 bridgehead atoms. The molecule has 160 valence electrons. The number of carbonyl (C=O) groups is 1. The summed E-state index contributed by atoms with van der Waals surface area (Å²) >= 11 is 1.55. The number of morpholine rings is 1. The Balaban J connectivity index is 1.40. The fourth-order valence-corrected chi connectivity index (χ4v) is 4.27. The zero-order valence-electron chi connectivity index (χ0n) is 16.8. The highest BCUT2D eigenvalue weighted by Crippen LogP contribution is 2.30. The summed E-state index contributed by atoms with van der Waals surface area (Å²) in [5.41, 5.74) is 2.63. The molecule has 1 N–H and O–H groups in total. The topological polar surface area (TPSA) is 97.6 Å². The molecule has 2 aromatic carbocycles. The van der Waals surface area contributed by atoms with Crippen molar-refractivity contribution < 1.29 is 14.5 Å². The van der Waals surface area contributed by atoms with Gasteiger partial charge in [0.25, 0.3) is 11.6 Å². The van der Waals surface area contributed by atoms with E-state index in [1.165, 1.54) is 11.6 Å². The second-order valence-electron chi connectivity index (χ2n) is 7.14. The maximum absolute atomic E-state index is 12.6. The highest BCUT2D eigenvalue weighted by atomic mass is 32.1. The predicted molar refractivity (Wildman–Crippen MR) is 119 cm³/mol. The number of anilines is 1. The van der Waals surface area contributed by atoms with Crippen molar-refractivity contribution in [1.29, 1.82) is 0 Å². The number of amides is 1. The maximum atomic E-state index is 12.6. The number of nitrogens with zero attached hydrogens (tertiary/aromatic N) is 3. The SMILES string of the molecule is O=C(NCc1csc(Cc2ccccc2)n1)c1ccc(N2CCOCC2)c([N+](=O)[O-])c1. The Morgan fingerprint density at radius 3 is 2.71 bits per heavy atom. The van der Waals surface area contributed by atoms with E-state index in [1.807, 2.05) is 28.5 Å². The molecule has 1 aliphatic rings. The normalized spacial score (nSPS) is 13.7. The number of nitrogens with one attached hydrogen (secondary N) is 1. The minimum Gasteiger partial charge on any atom is -0.378 e. The van der Waals surface area contributed by atoms with Crippen LogP contribution in [-0.4, -0.2) is 42.1 Å². The molecule has 0 atom stereocenters. The monoisotopic (exact) mass is 438 g/mol. The van der Waals surface area contributed by atoms with Gasteiger partial charge < -0.3 is 15.0 Å². The van der Waals surface area contributed by atoms with E-state index in [0.29, 0.717) is 32.0 Å². The first kappa shape index (κ1) is 21.0. The fraction of sp³-hybridized carbons (Fsp3) is 0.273. The van der Waals surface area contributed by atoms with Crippen molar-refractivity contribution in [2.24, 2.45) is 0 Å². The zero-order chi connectivity index (χ0) is 21.6. The molecule has 3 aromatic rings. The Kier molecular flexibility index (Phi) is 6.54. The highest BCUT2D eigenvalue weighted by molar-refractivity contribution is 7.09. The summed E-state index contributed by atoms with van der Waals surface area (Å²) in [5, 5.41) is 17.3. The molecule has 0 radical (unpaired) electrons. The van der Waals surface area contributed by atoms with E-state index in [9.17, 15) is 14.9 Å². The first-order chi connectivity index (χ1) is 15.1. The van der Waals surface area contributed by atoms with Crippen molar-refractivity contribution in [1.82, 2.24) is 10.3 Å². The number of aromatic nitrogens is 1. The molecule has 8 nitrogen and oxygen atoms in total. The van der Waals surface area contributed by atoms with Crippen molar-refractivity contribution in [3.63, 3.8) is 0 Å². The van der Waals surface area contributed by atoms with E-state index in [1.54, 1.807) is 23.5 Å².